The highest BCUT2D eigenvalue weighted by atomic mass is 32.1. The van der Waals surface area contributed by atoms with E-state index in [9.17, 15) is 4.79 Å². The number of carbonyl (C=O) groups excluding carboxylic acids is 1. The smallest absolute Gasteiger partial charge is 0.343 e. The average Bonchev–Trinajstić information content (AvgIpc) is 3.15. The number of benzene rings is 1. The molecule has 1 aromatic carbocycles. The molecule has 0 aliphatic carbocycles. The minimum atomic E-state index is -0.441. The molecule has 0 saturated carbocycles. The first-order valence-electron chi connectivity index (χ1n) is 7.87. The normalized spacial score (nSPS) is 14.3. The molecule has 1 fully saturated rings. The maximum Gasteiger partial charge on any atom is 0.343 e. The zero-order valence-corrected chi connectivity index (χ0v) is 15.0. The third-order valence-electron chi connectivity index (χ3n) is 4.01. The van der Waals surface area contributed by atoms with Gasteiger partial charge >= 0.3 is 5.97 Å². The molecule has 1 aliphatic rings. The molecule has 25 heavy (non-hydrogen) atoms. The van der Waals surface area contributed by atoms with Crippen LogP contribution in [-0.4, -0.2) is 61.7 Å². The van der Waals surface area contributed by atoms with Crippen molar-refractivity contribution in [3.05, 3.63) is 24.3 Å². The number of rotatable bonds is 6. The molecule has 134 valence electrons. The number of nitrogens with zero attached hydrogens (tertiary/aromatic N) is 4. The predicted octanol–water partition coefficient (Wildman–Crippen LogP) is 1.43. The molecular formula is C16H20N4O4S. The van der Waals surface area contributed by atoms with Crippen LogP contribution in [0.4, 0.5) is 11.5 Å². The van der Waals surface area contributed by atoms with Crippen molar-refractivity contribution in [2.75, 3.05) is 56.8 Å². The summed E-state index contributed by atoms with van der Waals surface area (Å²) in [5.74, 6) is 1.48. The largest absolute Gasteiger partial charge is 0.497 e. The SMILES string of the molecule is COC(=O)COc1nsnc1N1CCN(c2ccc(OC)cc2)CC1. The molecule has 1 aromatic heterocycles. The van der Waals surface area contributed by atoms with Crippen LogP contribution in [0.1, 0.15) is 0 Å². The Balaban J connectivity index is 1.59. The highest BCUT2D eigenvalue weighted by Crippen LogP contribution is 2.28. The van der Waals surface area contributed by atoms with E-state index in [-0.39, 0.29) is 6.61 Å². The molecule has 0 unspecified atom stereocenters. The second-order valence-corrected chi connectivity index (χ2v) is 5.96. The van der Waals surface area contributed by atoms with Gasteiger partial charge in [-0.25, -0.2) is 4.79 Å². The number of hydrogen-bond acceptors (Lipinski definition) is 9. The van der Waals surface area contributed by atoms with E-state index in [1.54, 1.807) is 7.11 Å². The van der Waals surface area contributed by atoms with Crippen LogP contribution in [0.2, 0.25) is 0 Å². The van der Waals surface area contributed by atoms with Gasteiger partial charge in [-0.3, -0.25) is 0 Å². The first-order chi connectivity index (χ1) is 12.2. The summed E-state index contributed by atoms with van der Waals surface area (Å²) in [4.78, 5) is 15.7. The quantitative estimate of drug-likeness (QED) is 0.713. The van der Waals surface area contributed by atoms with Crippen molar-refractivity contribution in [3.63, 3.8) is 0 Å². The minimum Gasteiger partial charge on any atom is -0.497 e. The van der Waals surface area contributed by atoms with Gasteiger partial charge in [0.15, 0.2) is 6.61 Å². The Labute approximate surface area is 150 Å². The van der Waals surface area contributed by atoms with Crippen LogP contribution in [0.5, 0.6) is 11.6 Å². The lowest BCUT2D eigenvalue weighted by Crippen LogP contribution is -2.46. The van der Waals surface area contributed by atoms with Crippen LogP contribution in [0.15, 0.2) is 24.3 Å². The molecule has 2 aromatic rings. The number of carbonyl (C=O) groups is 1. The van der Waals surface area contributed by atoms with Crippen LogP contribution in [0, 0.1) is 0 Å². The number of esters is 1. The van der Waals surface area contributed by atoms with Gasteiger partial charge in [-0.15, -0.1) is 4.37 Å². The highest BCUT2D eigenvalue weighted by Gasteiger charge is 2.23. The van der Waals surface area contributed by atoms with Crippen molar-refractivity contribution in [1.82, 2.24) is 8.75 Å². The van der Waals surface area contributed by atoms with E-state index in [1.807, 2.05) is 12.1 Å². The predicted molar refractivity (Wildman–Crippen MR) is 94.8 cm³/mol. The molecule has 1 aliphatic heterocycles. The topological polar surface area (TPSA) is 77.0 Å². The maximum atomic E-state index is 11.2. The van der Waals surface area contributed by atoms with E-state index in [0.717, 1.165) is 43.7 Å². The van der Waals surface area contributed by atoms with E-state index in [4.69, 9.17) is 9.47 Å². The number of hydrogen-bond donors (Lipinski definition) is 0. The molecule has 1 saturated heterocycles. The molecule has 0 atom stereocenters. The zero-order chi connectivity index (χ0) is 17.6. The fourth-order valence-corrected chi connectivity index (χ4v) is 3.14. The molecule has 3 rings (SSSR count). The number of piperazine rings is 1. The van der Waals surface area contributed by atoms with Gasteiger partial charge in [-0.05, 0) is 24.3 Å². The molecule has 8 nitrogen and oxygen atoms in total. The molecule has 0 spiro atoms. The summed E-state index contributed by atoms with van der Waals surface area (Å²) in [7, 11) is 2.99. The molecule has 9 heteroatoms. The number of ether oxygens (including phenoxy) is 3. The molecular weight excluding hydrogens is 344 g/mol. The van der Waals surface area contributed by atoms with Crippen LogP contribution >= 0.6 is 11.7 Å². The van der Waals surface area contributed by atoms with Crippen molar-refractivity contribution in [2.45, 2.75) is 0 Å². The molecule has 0 radical (unpaired) electrons. The Kier molecular flexibility index (Phi) is 5.54. The fraction of sp³-hybridized carbons (Fsp3) is 0.438. The maximum absolute atomic E-state index is 11.2. The van der Waals surface area contributed by atoms with E-state index >= 15 is 0 Å². The highest BCUT2D eigenvalue weighted by molar-refractivity contribution is 6.99. The summed E-state index contributed by atoms with van der Waals surface area (Å²) in [5.41, 5.74) is 1.17. The standard InChI is InChI=1S/C16H20N4O4S/c1-22-13-5-3-12(4-6-13)19-7-9-20(10-8-19)15-16(18-25-17-15)24-11-14(21)23-2/h3-6H,7-11H2,1-2H3. The summed E-state index contributed by atoms with van der Waals surface area (Å²) >= 11 is 1.07. The third-order valence-corrected chi connectivity index (χ3v) is 4.52. The number of methoxy groups -OCH3 is 2. The van der Waals surface area contributed by atoms with Crippen LogP contribution < -0.4 is 19.3 Å². The van der Waals surface area contributed by atoms with E-state index in [2.05, 4.69) is 35.4 Å². The van der Waals surface area contributed by atoms with Gasteiger partial charge < -0.3 is 24.0 Å². The zero-order valence-electron chi connectivity index (χ0n) is 14.2. The summed E-state index contributed by atoms with van der Waals surface area (Å²) in [5, 5.41) is 0. The molecule has 2 heterocycles. The monoisotopic (exact) mass is 364 g/mol. The summed E-state index contributed by atoms with van der Waals surface area (Å²) in [6, 6.07) is 8.04. The Morgan fingerprint density at radius 1 is 1.08 bits per heavy atom. The van der Waals surface area contributed by atoms with Gasteiger partial charge in [-0.1, -0.05) is 0 Å². The molecule has 0 amide bonds. The van der Waals surface area contributed by atoms with Gasteiger partial charge in [0.25, 0.3) is 5.88 Å². The summed E-state index contributed by atoms with van der Waals surface area (Å²) < 4.78 is 23.6. The molecule has 0 N–H and O–H groups in total. The van der Waals surface area contributed by atoms with E-state index in [1.165, 1.54) is 12.8 Å². The third kappa shape index (κ3) is 4.11. The Morgan fingerprint density at radius 3 is 2.40 bits per heavy atom. The number of aromatic nitrogens is 2. The van der Waals surface area contributed by atoms with E-state index < -0.39 is 5.97 Å². The van der Waals surface area contributed by atoms with Gasteiger partial charge in [0.05, 0.1) is 25.9 Å². The summed E-state index contributed by atoms with van der Waals surface area (Å²) in [6.45, 7) is 3.15. The molecule has 0 bridgehead atoms. The van der Waals surface area contributed by atoms with Crippen LogP contribution in [0.25, 0.3) is 0 Å². The van der Waals surface area contributed by atoms with Gasteiger partial charge in [0.1, 0.15) is 5.75 Å². The Hall–Kier alpha value is -2.55. The number of anilines is 2. The first-order valence-corrected chi connectivity index (χ1v) is 8.60. The van der Waals surface area contributed by atoms with Crippen LogP contribution in [-0.2, 0) is 9.53 Å². The van der Waals surface area contributed by atoms with Crippen molar-refractivity contribution < 1.29 is 19.0 Å². The van der Waals surface area contributed by atoms with Crippen molar-refractivity contribution in [3.8, 4) is 11.6 Å². The average molecular weight is 364 g/mol. The fourth-order valence-electron chi connectivity index (χ4n) is 2.62. The van der Waals surface area contributed by atoms with Crippen LogP contribution in [0.3, 0.4) is 0 Å². The van der Waals surface area contributed by atoms with Gasteiger partial charge in [-0.2, -0.15) is 4.37 Å². The first kappa shape index (κ1) is 17.3. The van der Waals surface area contributed by atoms with Crippen molar-refractivity contribution in [1.29, 1.82) is 0 Å². The second-order valence-electron chi connectivity index (χ2n) is 5.43. The van der Waals surface area contributed by atoms with Gasteiger partial charge in [0.2, 0.25) is 5.82 Å². The Bertz CT molecular complexity index is 698. The summed E-state index contributed by atoms with van der Waals surface area (Å²) in [6.07, 6.45) is 0. The Morgan fingerprint density at radius 2 is 1.76 bits per heavy atom. The van der Waals surface area contributed by atoms with Crippen molar-refractivity contribution in [2.24, 2.45) is 0 Å². The second kappa shape index (κ2) is 8.02. The van der Waals surface area contributed by atoms with Crippen molar-refractivity contribution >= 4 is 29.2 Å². The lowest BCUT2D eigenvalue weighted by molar-refractivity contribution is -0.142. The lowest BCUT2D eigenvalue weighted by atomic mass is 10.2. The lowest BCUT2D eigenvalue weighted by Gasteiger charge is -2.36. The van der Waals surface area contributed by atoms with E-state index in [0.29, 0.717) is 11.7 Å². The minimum absolute atomic E-state index is 0.166. The van der Waals surface area contributed by atoms with Gasteiger partial charge in [0, 0.05) is 31.9 Å².